The average Bonchev–Trinajstić information content (AvgIpc) is 3.22. The van der Waals surface area contributed by atoms with Crippen LogP contribution in [-0.4, -0.2) is 36.3 Å². The van der Waals surface area contributed by atoms with Crippen LogP contribution in [0.15, 0.2) is 82.6 Å². The van der Waals surface area contributed by atoms with E-state index in [1.807, 2.05) is 0 Å². The van der Waals surface area contributed by atoms with Gasteiger partial charge in [0.15, 0.2) is 0 Å². The van der Waals surface area contributed by atoms with Crippen molar-refractivity contribution in [3.8, 4) is 0 Å². The molecule has 0 spiro atoms. The van der Waals surface area contributed by atoms with Crippen molar-refractivity contribution in [3.05, 3.63) is 83.9 Å². The molecular formula is C22H21N3O5S2. The van der Waals surface area contributed by atoms with Crippen molar-refractivity contribution < 1.29 is 21.6 Å². The van der Waals surface area contributed by atoms with E-state index in [2.05, 4.69) is 9.44 Å². The number of hydrogen-bond donors (Lipinski definition) is 2. The van der Waals surface area contributed by atoms with E-state index in [-0.39, 0.29) is 15.7 Å². The van der Waals surface area contributed by atoms with Crippen molar-refractivity contribution in [2.45, 2.75) is 16.2 Å². The highest BCUT2D eigenvalue weighted by atomic mass is 32.2. The highest BCUT2D eigenvalue weighted by Gasteiger charge is 2.27. The molecule has 10 heteroatoms. The second-order valence-corrected chi connectivity index (χ2v) is 10.8. The molecule has 4 rings (SSSR count). The standard InChI is InChI=1S/C22H21N3O5S2/c1-23-31(27,28)20-11-12-21-17(15-20)13-14-25(21)22(26)16-7-9-19(10-8-16)32(29,30)24-18-5-3-2-4-6-18/h2-12,15,23-24H,13-14H2,1H3. The second kappa shape index (κ2) is 8.38. The first-order valence-electron chi connectivity index (χ1n) is 9.77. The molecule has 0 bridgehead atoms. The predicted octanol–water partition coefficient (Wildman–Crippen LogP) is 2.60. The highest BCUT2D eigenvalue weighted by Crippen LogP contribution is 2.31. The van der Waals surface area contributed by atoms with Gasteiger partial charge in [0.25, 0.3) is 15.9 Å². The molecule has 166 valence electrons. The molecule has 0 atom stereocenters. The van der Waals surface area contributed by atoms with Crippen LogP contribution in [-0.2, 0) is 26.5 Å². The van der Waals surface area contributed by atoms with Crippen molar-refractivity contribution in [1.29, 1.82) is 0 Å². The summed E-state index contributed by atoms with van der Waals surface area (Å²) in [5, 5.41) is 0. The molecule has 32 heavy (non-hydrogen) atoms. The van der Waals surface area contributed by atoms with E-state index < -0.39 is 20.0 Å². The van der Waals surface area contributed by atoms with Gasteiger partial charge in [-0.1, -0.05) is 18.2 Å². The highest BCUT2D eigenvalue weighted by molar-refractivity contribution is 7.92. The van der Waals surface area contributed by atoms with E-state index in [0.717, 1.165) is 5.56 Å². The second-order valence-electron chi connectivity index (χ2n) is 7.20. The topological polar surface area (TPSA) is 113 Å². The fourth-order valence-electron chi connectivity index (χ4n) is 3.53. The molecule has 1 amide bonds. The lowest BCUT2D eigenvalue weighted by Gasteiger charge is -2.18. The summed E-state index contributed by atoms with van der Waals surface area (Å²) in [5.41, 5.74) is 2.19. The number of nitrogens with zero attached hydrogens (tertiary/aromatic N) is 1. The molecule has 2 N–H and O–H groups in total. The van der Waals surface area contributed by atoms with Crippen LogP contribution in [0.2, 0.25) is 0 Å². The van der Waals surface area contributed by atoms with Crippen LogP contribution in [0.1, 0.15) is 15.9 Å². The number of nitrogens with one attached hydrogen (secondary N) is 2. The zero-order valence-corrected chi connectivity index (χ0v) is 18.8. The molecule has 1 aliphatic heterocycles. The van der Waals surface area contributed by atoms with E-state index >= 15 is 0 Å². The number of fused-ring (bicyclic) bond motifs is 1. The number of carbonyl (C=O) groups excluding carboxylic acids is 1. The lowest BCUT2D eigenvalue weighted by molar-refractivity contribution is 0.0989. The Morgan fingerprint density at radius 1 is 0.844 bits per heavy atom. The number of carbonyl (C=O) groups is 1. The van der Waals surface area contributed by atoms with Gasteiger partial charge in [0.2, 0.25) is 10.0 Å². The summed E-state index contributed by atoms with van der Waals surface area (Å²) in [6.45, 7) is 0.410. The number of rotatable bonds is 6. The summed E-state index contributed by atoms with van der Waals surface area (Å²) < 4.78 is 54.0. The quantitative estimate of drug-likeness (QED) is 0.574. The van der Waals surface area contributed by atoms with Gasteiger partial charge in [0.05, 0.1) is 9.79 Å². The van der Waals surface area contributed by atoms with Gasteiger partial charge in [-0.3, -0.25) is 9.52 Å². The Kier molecular flexibility index (Phi) is 5.76. The molecular weight excluding hydrogens is 450 g/mol. The van der Waals surface area contributed by atoms with E-state index in [1.165, 1.54) is 37.4 Å². The van der Waals surface area contributed by atoms with E-state index in [4.69, 9.17) is 0 Å². The van der Waals surface area contributed by atoms with Gasteiger partial charge in [-0.2, -0.15) is 0 Å². The molecule has 0 aliphatic carbocycles. The van der Waals surface area contributed by atoms with Crippen LogP contribution in [0.4, 0.5) is 11.4 Å². The molecule has 0 unspecified atom stereocenters. The summed E-state index contributed by atoms with van der Waals surface area (Å²) in [5.74, 6) is -0.284. The molecule has 3 aromatic carbocycles. The molecule has 0 aromatic heterocycles. The minimum atomic E-state index is -3.78. The number of hydrogen-bond acceptors (Lipinski definition) is 5. The zero-order valence-electron chi connectivity index (χ0n) is 17.1. The van der Waals surface area contributed by atoms with Crippen LogP contribution in [0.3, 0.4) is 0 Å². The first-order chi connectivity index (χ1) is 15.2. The van der Waals surface area contributed by atoms with E-state index in [1.54, 1.807) is 47.4 Å². The summed E-state index contributed by atoms with van der Waals surface area (Å²) in [4.78, 5) is 14.8. The summed E-state index contributed by atoms with van der Waals surface area (Å²) in [7, 11) is -6.01. The third-order valence-corrected chi connectivity index (χ3v) is 8.02. The maximum Gasteiger partial charge on any atom is 0.261 e. The maximum absolute atomic E-state index is 13.0. The number of benzene rings is 3. The molecule has 0 fully saturated rings. The molecule has 1 heterocycles. The predicted molar refractivity (Wildman–Crippen MR) is 122 cm³/mol. The Morgan fingerprint density at radius 3 is 2.16 bits per heavy atom. The number of sulfonamides is 2. The smallest absolute Gasteiger partial charge is 0.261 e. The molecule has 0 saturated carbocycles. The van der Waals surface area contributed by atoms with Gasteiger partial charge < -0.3 is 4.90 Å². The van der Waals surface area contributed by atoms with Gasteiger partial charge in [-0.25, -0.2) is 21.6 Å². The summed E-state index contributed by atoms with van der Waals surface area (Å²) in [6.07, 6.45) is 0.529. The molecule has 3 aromatic rings. The molecule has 8 nitrogen and oxygen atoms in total. The minimum Gasteiger partial charge on any atom is -0.308 e. The largest absolute Gasteiger partial charge is 0.308 e. The van der Waals surface area contributed by atoms with Gasteiger partial charge in [0.1, 0.15) is 0 Å². The van der Waals surface area contributed by atoms with Gasteiger partial charge in [0, 0.05) is 23.5 Å². The lowest BCUT2D eigenvalue weighted by Crippen LogP contribution is -2.29. The Bertz CT molecular complexity index is 1370. The van der Waals surface area contributed by atoms with Crippen LogP contribution < -0.4 is 14.3 Å². The van der Waals surface area contributed by atoms with Crippen molar-refractivity contribution in [3.63, 3.8) is 0 Å². The van der Waals surface area contributed by atoms with Crippen LogP contribution in [0.5, 0.6) is 0 Å². The summed E-state index contributed by atoms with van der Waals surface area (Å²) in [6, 6.07) is 18.9. The van der Waals surface area contributed by atoms with E-state index in [0.29, 0.717) is 29.9 Å². The van der Waals surface area contributed by atoms with Gasteiger partial charge in [-0.15, -0.1) is 0 Å². The SMILES string of the molecule is CNS(=O)(=O)c1ccc2c(c1)CCN2C(=O)c1ccc(S(=O)(=O)Nc2ccccc2)cc1. The Balaban J connectivity index is 1.54. The number of amides is 1. The first-order valence-corrected chi connectivity index (χ1v) is 12.7. The van der Waals surface area contributed by atoms with Gasteiger partial charge in [-0.05, 0) is 73.6 Å². The number of para-hydroxylation sites is 1. The Labute approximate surface area is 187 Å². The maximum atomic E-state index is 13.0. The van der Waals surface area contributed by atoms with Crippen molar-refractivity contribution in [2.75, 3.05) is 23.2 Å². The monoisotopic (exact) mass is 471 g/mol. The van der Waals surface area contributed by atoms with Crippen LogP contribution in [0.25, 0.3) is 0 Å². The van der Waals surface area contributed by atoms with Crippen molar-refractivity contribution >= 4 is 37.3 Å². The first kappa shape index (κ1) is 22.0. The van der Waals surface area contributed by atoms with Crippen LogP contribution in [0, 0.1) is 0 Å². The minimum absolute atomic E-state index is 0.0432. The normalized spacial score (nSPS) is 13.6. The lowest BCUT2D eigenvalue weighted by atomic mass is 10.1. The van der Waals surface area contributed by atoms with E-state index in [9.17, 15) is 21.6 Å². The fourth-order valence-corrected chi connectivity index (χ4v) is 5.37. The molecule has 0 saturated heterocycles. The van der Waals surface area contributed by atoms with Crippen molar-refractivity contribution in [1.82, 2.24) is 4.72 Å². The fraction of sp³-hybridized carbons (Fsp3) is 0.136. The zero-order chi connectivity index (χ0) is 22.9. The van der Waals surface area contributed by atoms with Crippen molar-refractivity contribution in [2.24, 2.45) is 0 Å². The molecule has 0 radical (unpaired) electrons. The summed E-state index contributed by atoms with van der Waals surface area (Å²) >= 11 is 0. The third kappa shape index (κ3) is 4.24. The van der Waals surface area contributed by atoms with Crippen LogP contribution >= 0.6 is 0 Å². The Morgan fingerprint density at radius 2 is 1.50 bits per heavy atom. The van der Waals surface area contributed by atoms with Gasteiger partial charge >= 0.3 is 0 Å². The average molecular weight is 472 g/mol. The molecule has 1 aliphatic rings. The third-order valence-electron chi connectivity index (χ3n) is 5.21. The number of anilines is 2. The Hall–Kier alpha value is -3.21.